The highest BCUT2D eigenvalue weighted by Crippen LogP contribution is 2.02. The second-order valence-corrected chi connectivity index (χ2v) is 4.62. The Morgan fingerprint density at radius 3 is 2.35 bits per heavy atom. The van der Waals surface area contributed by atoms with E-state index in [1.165, 1.54) is 0 Å². The highest BCUT2D eigenvalue weighted by Gasteiger charge is 2.25. The Hall–Kier alpha value is -1.10. The number of nitrogens with one attached hydrogen (secondary N) is 2. The number of carboxylic acids is 1. The molecule has 0 aliphatic heterocycles. The minimum Gasteiger partial charge on any atom is -0.481 e. The number of likely N-dealkylation sites (N-methyl/N-ethyl adjacent to an activating group) is 1. The molecule has 5 heteroatoms. The molecule has 0 rings (SSSR count). The van der Waals surface area contributed by atoms with Crippen LogP contribution in [0.3, 0.4) is 0 Å². The van der Waals surface area contributed by atoms with Gasteiger partial charge in [-0.1, -0.05) is 13.3 Å². The van der Waals surface area contributed by atoms with Crippen LogP contribution in [0.1, 0.15) is 46.5 Å². The zero-order chi connectivity index (χ0) is 13.3. The highest BCUT2D eigenvalue weighted by molar-refractivity contribution is 5.85. The highest BCUT2D eigenvalue weighted by atomic mass is 16.4. The van der Waals surface area contributed by atoms with E-state index >= 15 is 0 Å². The monoisotopic (exact) mass is 244 g/mol. The predicted molar refractivity (Wildman–Crippen MR) is 66.9 cm³/mol. The van der Waals surface area contributed by atoms with Crippen LogP contribution in [0.25, 0.3) is 0 Å². The molecule has 1 amide bonds. The molecule has 5 nitrogen and oxygen atoms in total. The molecule has 0 spiro atoms. The molecule has 17 heavy (non-hydrogen) atoms. The van der Waals surface area contributed by atoms with E-state index in [-0.39, 0.29) is 12.3 Å². The van der Waals surface area contributed by atoms with Crippen LogP contribution in [-0.4, -0.2) is 35.6 Å². The lowest BCUT2D eigenvalue weighted by molar-refractivity contribution is -0.137. The number of hydrogen-bond acceptors (Lipinski definition) is 3. The van der Waals surface area contributed by atoms with Gasteiger partial charge >= 0.3 is 5.97 Å². The normalized spacial score (nSPS) is 11.2. The molecule has 100 valence electrons. The fraction of sp³-hybridized carbons (Fsp3) is 0.833. The first-order valence-corrected chi connectivity index (χ1v) is 6.15. The van der Waals surface area contributed by atoms with Crippen LogP contribution in [0, 0.1) is 0 Å². The summed E-state index contributed by atoms with van der Waals surface area (Å²) in [5.41, 5.74) is -0.546. The van der Waals surface area contributed by atoms with E-state index in [9.17, 15) is 9.59 Å². The number of carbonyl (C=O) groups excluding carboxylic acids is 1. The summed E-state index contributed by atoms with van der Waals surface area (Å²) in [5, 5.41) is 14.4. The van der Waals surface area contributed by atoms with Gasteiger partial charge in [0.25, 0.3) is 0 Å². The fourth-order valence-electron chi connectivity index (χ4n) is 1.52. The summed E-state index contributed by atoms with van der Waals surface area (Å²) >= 11 is 0. The first kappa shape index (κ1) is 15.9. The molecule has 0 aromatic heterocycles. The number of unbranched alkanes of at least 4 members (excludes halogenated alkanes) is 2. The second kappa shape index (κ2) is 8.06. The lowest BCUT2D eigenvalue weighted by Crippen LogP contribution is -2.52. The van der Waals surface area contributed by atoms with Crippen LogP contribution < -0.4 is 10.6 Å². The Labute approximate surface area is 103 Å². The maximum Gasteiger partial charge on any atom is 0.303 e. The van der Waals surface area contributed by atoms with E-state index in [2.05, 4.69) is 10.6 Å². The number of carbonyl (C=O) groups is 2. The van der Waals surface area contributed by atoms with Gasteiger partial charge < -0.3 is 15.7 Å². The molecule has 0 saturated heterocycles. The Morgan fingerprint density at radius 2 is 1.82 bits per heavy atom. The summed E-state index contributed by atoms with van der Waals surface area (Å²) in [6.07, 6.45) is 2.52. The zero-order valence-electron chi connectivity index (χ0n) is 11.0. The molecule has 0 atom stereocenters. The second-order valence-electron chi connectivity index (χ2n) is 4.62. The van der Waals surface area contributed by atoms with Gasteiger partial charge in [0.1, 0.15) is 0 Å². The van der Waals surface area contributed by atoms with Crippen LogP contribution in [0.4, 0.5) is 0 Å². The van der Waals surface area contributed by atoms with Crippen molar-refractivity contribution in [1.29, 1.82) is 0 Å². The van der Waals surface area contributed by atoms with Crippen LogP contribution >= 0.6 is 0 Å². The molecule has 0 bridgehead atoms. The zero-order valence-corrected chi connectivity index (χ0v) is 11.0. The van der Waals surface area contributed by atoms with Crippen molar-refractivity contribution in [1.82, 2.24) is 10.6 Å². The number of hydrogen-bond donors (Lipinski definition) is 3. The summed E-state index contributed by atoms with van der Waals surface area (Å²) in [7, 11) is 0. The van der Waals surface area contributed by atoms with Crippen molar-refractivity contribution in [2.45, 2.75) is 52.0 Å². The van der Waals surface area contributed by atoms with Gasteiger partial charge in [-0.2, -0.15) is 0 Å². The largest absolute Gasteiger partial charge is 0.481 e. The summed E-state index contributed by atoms with van der Waals surface area (Å²) in [6.45, 7) is 7.00. The summed E-state index contributed by atoms with van der Waals surface area (Å²) in [6, 6.07) is 0. The van der Waals surface area contributed by atoms with Crippen molar-refractivity contribution in [2.24, 2.45) is 0 Å². The van der Waals surface area contributed by atoms with Gasteiger partial charge in [0.15, 0.2) is 0 Å². The van der Waals surface area contributed by atoms with E-state index in [1.807, 2.05) is 20.8 Å². The number of amides is 1. The standard InChI is InChI=1S/C12H24N2O3/c1-4-14-12(2,3)11(17)13-9-7-5-6-8-10(15)16/h14H,4-9H2,1-3H3,(H,13,17)(H,15,16). The third-order valence-electron chi connectivity index (χ3n) is 2.54. The van der Waals surface area contributed by atoms with Gasteiger partial charge in [0, 0.05) is 13.0 Å². The van der Waals surface area contributed by atoms with Gasteiger partial charge in [-0.15, -0.1) is 0 Å². The molecule has 0 heterocycles. The average Bonchev–Trinajstić information content (AvgIpc) is 2.22. The van der Waals surface area contributed by atoms with E-state index < -0.39 is 11.5 Å². The number of rotatable bonds is 9. The SMILES string of the molecule is CCNC(C)(C)C(=O)NCCCCCC(=O)O. The van der Waals surface area contributed by atoms with Crippen LogP contribution in [0.2, 0.25) is 0 Å². The Kier molecular flexibility index (Phi) is 7.54. The van der Waals surface area contributed by atoms with E-state index in [0.717, 1.165) is 19.4 Å². The molecule has 0 aromatic carbocycles. The molecular formula is C12H24N2O3. The average molecular weight is 244 g/mol. The predicted octanol–water partition coefficient (Wildman–Crippen LogP) is 1.14. The van der Waals surface area contributed by atoms with Gasteiger partial charge in [0.05, 0.1) is 5.54 Å². The Balaban J connectivity index is 3.61. The number of carboxylic acid groups (broad SMARTS) is 1. The molecule has 0 unspecified atom stereocenters. The Bertz CT molecular complexity index is 252. The molecular weight excluding hydrogens is 220 g/mol. The molecule has 0 radical (unpaired) electrons. The quantitative estimate of drug-likeness (QED) is 0.531. The van der Waals surface area contributed by atoms with Gasteiger partial charge in [-0.25, -0.2) is 0 Å². The lowest BCUT2D eigenvalue weighted by atomic mass is 10.0. The maximum absolute atomic E-state index is 11.7. The summed E-state index contributed by atoms with van der Waals surface area (Å²) in [4.78, 5) is 22.0. The molecule has 0 fully saturated rings. The fourth-order valence-corrected chi connectivity index (χ4v) is 1.52. The first-order valence-electron chi connectivity index (χ1n) is 6.15. The third-order valence-corrected chi connectivity index (χ3v) is 2.54. The van der Waals surface area contributed by atoms with Crippen LogP contribution in [-0.2, 0) is 9.59 Å². The number of aliphatic carboxylic acids is 1. The lowest BCUT2D eigenvalue weighted by Gasteiger charge is -2.24. The van der Waals surface area contributed by atoms with Crippen LogP contribution in [0.5, 0.6) is 0 Å². The van der Waals surface area contributed by atoms with Crippen molar-refractivity contribution in [3.05, 3.63) is 0 Å². The first-order chi connectivity index (χ1) is 7.90. The van der Waals surface area contributed by atoms with Crippen molar-refractivity contribution < 1.29 is 14.7 Å². The summed E-state index contributed by atoms with van der Waals surface area (Å²) < 4.78 is 0. The Morgan fingerprint density at radius 1 is 1.18 bits per heavy atom. The summed E-state index contributed by atoms with van der Waals surface area (Å²) in [5.74, 6) is -0.778. The smallest absolute Gasteiger partial charge is 0.303 e. The molecule has 3 N–H and O–H groups in total. The van der Waals surface area contributed by atoms with Gasteiger partial charge in [-0.05, 0) is 33.2 Å². The van der Waals surface area contributed by atoms with Crippen molar-refractivity contribution in [2.75, 3.05) is 13.1 Å². The molecule has 0 aliphatic carbocycles. The van der Waals surface area contributed by atoms with Gasteiger partial charge in [-0.3, -0.25) is 9.59 Å². The third kappa shape index (κ3) is 7.74. The van der Waals surface area contributed by atoms with E-state index in [0.29, 0.717) is 13.0 Å². The molecule has 0 aromatic rings. The molecule has 0 saturated carbocycles. The minimum absolute atomic E-state index is 0.0161. The maximum atomic E-state index is 11.7. The van der Waals surface area contributed by atoms with Crippen molar-refractivity contribution in [3.63, 3.8) is 0 Å². The minimum atomic E-state index is -0.762. The molecule has 0 aliphatic rings. The van der Waals surface area contributed by atoms with Crippen LogP contribution in [0.15, 0.2) is 0 Å². The van der Waals surface area contributed by atoms with Crippen molar-refractivity contribution in [3.8, 4) is 0 Å². The van der Waals surface area contributed by atoms with E-state index in [4.69, 9.17) is 5.11 Å². The van der Waals surface area contributed by atoms with Crippen molar-refractivity contribution >= 4 is 11.9 Å². The van der Waals surface area contributed by atoms with E-state index in [1.54, 1.807) is 0 Å². The topological polar surface area (TPSA) is 78.4 Å². The van der Waals surface area contributed by atoms with Gasteiger partial charge in [0.2, 0.25) is 5.91 Å².